The Bertz CT molecular complexity index is 681. The number of rotatable bonds is 6. The van der Waals surface area contributed by atoms with Crippen molar-refractivity contribution in [1.29, 1.82) is 0 Å². The van der Waals surface area contributed by atoms with E-state index < -0.39 is 0 Å². The maximum Gasteiger partial charge on any atom is 0.162 e. The van der Waals surface area contributed by atoms with Crippen molar-refractivity contribution in [2.45, 2.75) is 52.1 Å². The highest BCUT2D eigenvalue weighted by molar-refractivity contribution is 5.45. The molecule has 1 aliphatic rings. The normalized spacial score (nSPS) is 18.4. The van der Waals surface area contributed by atoms with Gasteiger partial charge in [0.1, 0.15) is 11.5 Å². The Labute approximate surface area is 143 Å². The number of para-hydroxylation sites is 1. The van der Waals surface area contributed by atoms with Crippen LogP contribution in [0.25, 0.3) is 0 Å². The maximum absolute atomic E-state index is 10.4. The van der Waals surface area contributed by atoms with Gasteiger partial charge in [0.15, 0.2) is 11.5 Å². The van der Waals surface area contributed by atoms with Gasteiger partial charge in [0.2, 0.25) is 0 Å². The van der Waals surface area contributed by atoms with E-state index in [0.717, 1.165) is 36.4 Å². The Hall–Kier alpha value is -2.01. The summed E-state index contributed by atoms with van der Waals surface area (Å²) in [6.45, 7) is 8.34. The highest BCUT2D eigenvalue weighted by Gasteiger charge is 2.29. The number of aromatic nitrogens is 1. The second kappa shape index (κ2) is 7.26. The highest BCUT2D eigenvalue weighted by Crippen LogP contribution is 2.37. The molecule has 24 heavy (non-hydrogen) atoms. The average Bonchev–Trinajstić information content (AvgIpc) is 3.20. The van der Waals surface area contributed by atoms with Gasteiger partial charge in [-0.2, -0.15) is 0 Å². The molecule has 130 valence electrons. The summed E-state index contributed by atoms with van der Waals surface area (Å²) in [7, 11) is 0. The number of hydrogen-bond donors (Lipinski definition) is 1. The van der Waals surface area contributed by atoms with Gasteiger partial charge in [-0.15, -0.1) is 0 Å². The van der Waals surface area contributed by atoms with Gasteiger partial charge in [-0.25, -0.2) is 0 Å². The molecule has 2 aromatic rings. The highest BCUT2D eigenvalue weighted by atomic mass is 16.5. The first kappa shape index (κ1) is 16.8. The van der Waals surface area contributed by atoms with Crippen molar-refractivity contribution in [2.24, 2.45) is 0 Å². The third-order valence-electron chi connectivity index (χ3n) is 4.58. The van der Waals surface area contributed by atoms with Gasteiger partial charge in [0.25, 0.3) is 0 Å². The molecule has 0 bridgehead atoms. The third kappa shape index (κ3) is 3.41. The molecule has 2 heterocycles. The number of hydrogen-bond acceptors (Lipinski definition) is 5. The molecule has 0 aliphatic carbocycles. The Balaban J connectivity index is 1.77. The van der Waals surface area contributed by atoms with Crippen LogP contribution in [-0.4, -0.2) is 28.3 Å². The van der Waals surface area contributed by atoms with Gasteiger partial charge >= 0.3 is 0 Å². The summed E-state index contributed by atoms with van der Waals surface area (Å²) in [5.74, 6) is 2.06. The SMILES string of the molecule is CCOc1cccc(CN2CCC[C@@H]2c2cc(C(C)C)on2)c1O. The summed E-state index contributed by atoms with van der Waals surface area (Å²) in [5, 5.41) is 14.7. The van der Waals surface area contributed by atoms with Gasteiger partial charge in [-0.1, -0.05) is 31.1 Å². The first-order valence-electron chi connectivity index (χ1n) is 8.74. The molecule has 1 fully saturated rings. The molecule has 1 N–H and O–H groups in total. The van der Waals surface area contributed by atoms with E-state index in [9.17, 15) is 5.11 Å². The lowest BCUT2D eigenvalue weighted by Crippen LogP contribution is -2.23. The van der Waals surface area contributed by atoms with Crippen molar-refractivity contribution in [1.82, 2.24) is 10.1 Å². The first-order chi connectivity index (χ1) is 11.6. The Morgan fingerprint density at radius 1 is 1.42 bits per heavy atom. The van der Waals surface area contributed by atoms with Gasteiger partial charge in [0, 0.05) is 24.1 Å². The topological polar surface area (TPSA) is 58.7 Å². The van der Waals surface area contributed by atoms with Crippen molar-refractivity contribution >= 4 is 0 Å². The molecule has 0 saturated carbocycles. The quantitative estimate of drug-likeness (QED) is 0.858. The van der Waals surface area contributed by atoms with Crippen LogP contribution >= 0.6 is 0 Å². The molecule has 0 spiro atoms. The van der Waals surface area contributed by atoms with Crippen LogP contribution in [0.15, 0.2) is 28.8 Å². The summed E-state index contributed by atoms with van der Waals surface area (Å²) in [4.78, 5) is 2.35. The smallest absolute Gasteiger partial charge is 0.162 e. The van der Waals surface area contributed by atoms with Crippen LogP contribution in [0.1, 0.15) is 62.6 Å². The lowest BCUT2D eigenvalue weighted by atomic mass is 10.1. The molecule has 0 radical (unpaired) electrons. The van der Waals surface area contributed by atoms with Gasteiger partial charge in [-0.3, -0.25) is 4.90 Å². The monoisotopic (exact) mass is 330 g/mol. The second-order valence-electron chi connectivity index (χ2n) is 6.63. The second-order valence-corrected chi connectivity index (χ2v) is 6.63. The number of aromatic hydroxyl groups is 1. The molecule has 5 nitrogen and oxygen atoms in total. The summed E-state index contributed by atoms with van der Waals surface area (Å²) in [6.07, 6.45) is 2.19. The van der Waals surface area contributed by atoms with E-state index in [-0.39, 0.29) is 11.8 Å². The Kier molecular flexibility index (Phi) is 5.09. The molecule has 1 atom stereocenters. The van der Waals surface area contributed by atoms with Crippen LogP contribution in [0, 0.1) is 0 Å². The number of nitrogens with zero attached hydrogens (tertiary/aromatic N) is 2. The minimum Gasteiger partial charge on any atom is -0.504 e. The van der Waals surface area contributed by atoms with Crippen molar-refractivity contribution in [3.05, 3.63) is 41.3 Å². The predicted molar refractivity (Wildman–Crippen MR) is 92.3 cm³/mol. The fourth-order valence-electron chi connectivity index (χ4n) is 3.27. The van der Waals surface area contributed by atoms with E-state index in [1.807, 2.05) is 19.1 Å². The molecule has 5 heteroatoms. The van der Waals surface area contributed by atoms with E-state index in [1.54, 1.807) is 6.07 Å². The number of likely N-dealkylation sites (tertiary alicyclic amines) is 1. The molecule has 3 rings (SSSR count). The number of ether oxygens (including phenoxy) is 1. The maximum atomic E-state index is 10.4. The lowest BCUT2D eigenvalue weighted by Gasteiger charge is -2.23. The van der Waals surface area contributed by atoms with Crippen molar-refractivity contribution in [3.8, 4) is 11.5 Å². The molecular formula is C19H26N2O3. The number of phenols is 1. The molecule has 1 aromatic carbocycles. The zero-order valence-corrected chi connectivity index (χ0v) is 14.7. The van der Waals surface area contributed by atoms with Crippen LogP contribution in [0.4, 0.5) is 0 Å². The van der Waals surface area contributed by atoms with E-state index in [1.165, 1.54) is 0 Å². The fourth-order valence-corrected chi connectivity index (χ4v) is 3.27. The minimum absolute atomic E-state index is 0.244. The van der Waals surface area contributed by atoms with Crippen LogP contribution in [-0.2, 0) is 6.54 Å². The molecule has 1 saturated heterocycles. The Morgan fingerprint density at radius 2 is 2.25 bits per heavy atom. The molecular weight excluding hydrogens is 304 g/mol. The van der Waals surface area contributed by atoms with Crippen molar-refractivity contribution < 1.29 is 14.4 Å². The van der Waals surface area contributed by atoms with E-state index in [2.05, 4.69) is 30.0 Å². The largest absolute Gasteiger partial charge is 0.504 e. The minimum atomic E-state index is 0.244. The van der Waals surface area contributed by atoms with Crippen LogP contribution < -0.4 is 4.74 Å². The Morgan fingerprint density at radius 3 is 2.96 bits per heavy atom. The number of benzene rings is 1. The van der Waals surface area contributed by atoms with Crippen molar-refractivity contribution in [3.63, 3.8) is 0 Å². The van der Waals surface area contributed by atoms with E-state index >= 15 is 0 Å². The summed E-state index contributed by atoms with van der Waals surface area (Å²) in [6, 6.07) is 8.00. The first-order valence-corrected chi connectivity index (χ1v) is 8.74. The molecule has 1 aliphatic heterocycles. The average molecular weight is 330 g/mol. The summed E-state index contributed by atoms with van der Waals surface area (Å²) in [5.41, 5.74) is 1.89. The van der Waals surface area contributed by atoms with Gasteiger partial charge in [-0.05, 0) is 32.4 Å². The number of phenolic OH excluding ortho intramolecular Hbond substituents is 1. The fraction of sp³-hybridized carbons (Fsp3) is 0.526. The molecule has 1 aromatic heterocycles. The molecule has 0 unspecified atom stereocenters. The standard InChI is InChI=1S/C19H26N2O3/c1-4-23-17-9-5-7-14(19(17)22)12-21-10-6-8-16(21)15-11-18(13(2)3)24-20-15/h5,7,9,11,13,16,22H,4,6,8,10,12H2,1-3H3/t16-/m1/s1. The third-order valence-corrected chi connectivity index (χ3v) is 4.58. The van der Waals surface area contributed by atoms with Crippen LogP contribution in [0.5, 0.6) is 11.5 Å². The predicted octanol–water partition coefficient (Wildman–Crippen LogP) is 4.24. The van der Waals surface area contributed by atoms with Crippen molar-refractivity contribution in [2.75, 3.05) is 13.2 Å². The van der Waals surface area contributed by atoms with E-state index in [0.29, 0.717) is 24.8 Å². The van der Waals surface area contributed by atoms with Gasteiger partial charge < -0.3 is 14.4 Å². The van der Waals surface area contributed by atoms with Crippen LogP contribution in [0.2, 0.25) is 0 Å². The van der Waals surface area contributed by atoms with E-state index in [4.69, 9.17) is 9.26 Å². The zero-order chi connectivity index (χ0) is 17.1. The zero-order valence-electron chi connectivity index (χ0n) is 14.7. The summed E-state index contributed by atoms with van der Waals surface area (Å²) < 4.78 is 11.0. The molecule has 0 amide bonds. The van der Waals surface area contributed by atoms with Gasteiger partial charge in [0.05, 0.1) is 12.6 Å². The lowest BCUT2D eigenvalue weighted by molar-refractivity contribution is 0.231. The summed E-state index contributed by atoms with van der Waals surface area (Å²) >= 11 is 0. The van der Waals surface area contributed by atoms with Crippen LogP contribution in [0.3, 0.4) is 0 Å².